The van der Waals surface area contributed by atoms with Crippen molar-refractivity contribution in [2.75, 3.05) is 26.2 Å². The number of nitrogens with one attached hydrogen (secondary N) is 1. The van der Waals surface area contributed by atoms with Gasteiger partial charge in [0.1, 0.15) is 10.7 Å². The smallest absolute Gasteiger partial charge is 0.245 e. The van der Waals surface area contributed by atoms with Crippen molar-refractivity contribution in [3.8, 4) is 0 Å². The highest BCUT2D eigenvalue weighted by atomic mass is 32.2. The van der Waals surface area contributed by atoms with Crippen molar-refractivity contribution in [2.45, 2.75) is 18.2 Å². The largest absolute Gasteiger partial charge is 0.360 e. The van der Waals surface area contributed by atoms with Gasteiger partial charge in [0.05, 0.1) is 11.8 Å². The molecule has 8 heteroatoms. The van der Waals surface area contributed by atoms with Crippen LogP contribution in [-0.4, -0.2) is 54.7 Å². The standard InChI is InChI=1S/C21H22FN3O3S/c1-15-5-7-16(8-6-15)13-20(26)24-9-11-25(12-10-24)29(27,28)19-14-23-18-4-2-3-17(22)21(18)19/h2-8,14,23H,9-13H2,1H3. The van der Waals surface area contributed by atoms with Gasteiger partial charge in [0.2, 0.25) is 15.9 Å². The molecule has 0 spiro atoms. The van der Waals surface area contributed by atoms with Gasteiger partial charge in [0.25, 0.3) is 0 Å². The third kappa shape index (κ3) is 3.77. The predicted octanol–water partition coefficient (Wildman–Crippen LogP) is 2.69. The second-order valence-corrected chi connectivity index (χ2v) is 9.17. The average molecular weight is 415 g/mol. The van der Waals surface area contributed by atoms with Crippen molar-refractivity contribution in [3.63, 3.8) is 0 Å². The summed E-state index contributed by atoms with van der Waals surface area (Å²) in [6.07, 6.45) is 1.62. The van der Waals surface area contributed by atoms with Gasteiger partial charge in [0, 0.05) is 37.9 Å². The first-order valence-electron chi connectivity index (χ1n) is 9.45. The van der Waals surface area contributed by atoms with E-state index >= 15 is 0 Å². The monoisotopic (exact) mass is 415 g/mol. The molecule has 1 saturated heterocycles. The number of hydrogen-bond acceptors (Lipinski definition) is 3. The number of fused-ring (bicyclic) bond motifs is 1. The normalized spacial score (nSPS) is 15.7. The number of sulfonamides is 1. The Morgan fingerprint density at radius 3 is 2.45 bits per heavy atom. The Bertz CT molecular complexity index is 1150. The van der Waals surface area contributed by atoms with E-state index in [1.165, 1.54) is 22.6 Å². The highest BCUT2D eigenvalue weighted by molar-refractivity contribution is 7.89. The summed E-state index contributed by atoms with van der Waals surface area (Å²) >= 11 is 0. The van der Waals surface area contributed by atoms with E-state index in [0.717, 1.165) is 11.1 Å². The summed E-state index contributed by atoms with van der Waals surface area (Å²) in [7, 11) is -3.86. The summed E-state index contributed by atoms with van der Waals surface area (Å²) < 4.78 is 41.6. The third-order valence-electron chi connectivity index (χ3n) is 5.30. The van der Waals surface area contributed by atoms with E-state index in [9.17, 15) is 17.6 Å². The van der Waals surface area contributed by atoms with Crippen LogP contribution >= 0.6 is 0 Å². The number of benzene rings is 2. The zero-order valence-corrected chi connectivity index (χ0v) is 16.9. The Balaban J connectivity index is 1.46. The fourth-order valence-electron chi connectivity index (χ4n) is 3.62. The van der Waals surface area contributed by atoms with Crippen LogP contribution in [0.2, 0.25) is 0 Å². The number of carbonyl (C=O) groups is 1. The van der Waals surface area contributed by atoms with Crippen LogP contribution in [0.4, 0.5) is 4.39 Å². The van der Waals surface area contributed by atoms with Crippen LogP contribution in [0.25, 0.3) is 10.9 Å². The molecule has 0 saturated carbocycles. The number of carbonyl (C=O) groups excluding carboxylic acids is 1. The first-order chi connectivity index (χ1) is 13.9. The number of amides is 1. The number of aromatic nitrogens is 1. The van der Waals surface area contributed by atoms with Crippen LogP contribution in [0.15, 0.2) is 53.6 Å². The molecule has 6 nitrogen and oxygen atoms in total. The van der Waals surface area contributed by atoms with Gasteiger partial charge in [-0.2, -0.15) is 4.31 Å². The van der Waals surface area contributed by atoms with Crippen molar-refractivity contribution < 1.29 is 17.6 Å². The van der Waals surface area contributed by atoms with Crippen molar-refractivity contribution in [1.29, 1.82) is 0 Å². The van der Waals surface area contributed by atoms with E-state index in [2.05, 4.69) is 4.98 Å². The molecule has 1 aliphatic heterocycles. The molecule has 2 aromatic carbocycles. The van der Waals surface area contributed by atoms with Crippen LogP contribution in [-0.2, 0) is 21.2 Å². The van der Waals surface area contributed by atoms with Crippen LogP contribution in [0.1, 0.15) is 11.1 Å². The molecular formula is C21H22FN3O3S. The van der Waals surface area contributed by atoms with Crippen molar-refractivity contribution in [2.24, 2.45) is 0 Å². The lowest BCUT2D eigenvalue weighted by Gasteiger charge is -2.34. The van der Waals surface area contributed by atoms with Crippen LogP contribution in [0.5, 0.6) is 0 Å². The minimum Gasteiger partial charge on any atom is -0.360 e. The molecule has 0 radical (unpaired) electrons. The van der Waals surface area contributed by atoms with Gasteiger partial charge in [-0.05, 0) is 24.6 Å². The van der Waals surface area contributed by atoms with Crippen molar-refractivity contribution >= 4 is 26.8 Å². The van der Waals surface area contributed by atoms with E-state index < -0.39 is 15.8 Å². The summed E-state index contributed by atoms with van der Waals surface area (Å²) in [6, 6.07) is 12.2. The number of nitrogens with zero attached hydrogens (tertiary/aromatic N) is 2. The van der Waals surface area contributed by atoms with Gasteiger partial charge in [-0.15, -0.1) is 0 Å². The van der Waals surface area contributed by atoms with Gasteiger partial charge < -0.3 is 9.88 Å². The number of aromatic amines is 1. The van der Waals surface area contributed by atoms with Crippen LogP contribution in [0, 0.1) is 12.7 Å². The minimum atomic E-state index is -3.86. The van der Waals surface area contributed by atoms with Gasteiger partial charge in [0.15, 0.2) is 0 Å². The molecule has 1 aromatic heterocycles. The zero-order valence-electron chi connectivity index (χ0n) is 16.1. The second kappa shape index (κ2) is 7.61. The molecule has 1 amide bonds. The number of piperazine rings is 1. The second-order valence-electron chi connectivity index (χ2n) is 7.26. The first-order valence-corrected chi connectivity index (χ1v) is 10.9. The highest BCUT2D eigenvalue weighted by Gasteiger charge is 2.32. The summed E-state index contributed by atoms with van der Waals surface area (Å²) in [5.41, 5.74) is 2.51. The molecule has 0 aliphatic carbocycles. The maximum Gasteiger partial charge on any atom is 0.245 e. The summed E-state index contributed by atoms with van der Waals surface area (Å²) in [6.45, 7) is 2.99. The molecule has 0 bridgehead atoms. The Hall–Kier alpha value is -2.71. The Kier molecular flexibility index (Phi) is 5.14. The number of halogens is 1. The lowest BCUT2D eigenvalue weighted by Crippen LogP contribution is -2.50. The molecule has 29 heavy (non-hydrogen) atoms. The Morgan fingerprint density at radius 2 is 1.76 bits per heavy atom. The van der Waals surface area contributed by atoms with Gasteiger partial charge in [-0.1, -0.05) is 35.9 Å². The summed E-state index contributed by atoms with van der Waals surface area (Å²) in [5, 5.41) is 0.0744. The lowest BCUT2D eigenvalue weighted by atomic mass is 10.1. The summed E-state index contributed by atoms with van der Waals surface area (Å²) in [5.74, 6) is -0.599. The van der Waals surface area contributed by atoms with Crippen LogP contribution in [0.3, 0.4) is 0 Å². The molecule has 152 valence electrons. The number of hydrogen-bond donors (Lipinski definition) is 1. The van der Waals surface area contributed by atoms with Crippen LogP contribution < -0.4 is 0 Å². The number of rotatable bonds is 4. The van der Waals surface area contributed by atoms with Crippen molar-refractivity contribution in [3.05, 3.63) is 65.6 Å². The van der Waals surface area contributed by atoms with E-state index in [4.69, 9.17) is 0 Å². The molecule has 1 aliphatic rings. The Morgan fingerprint density at radius 1 is 1.07 bits per heavy atom. The van der Waals surface area contributed by atoms with E-state index in [1.807, 2.05) is 31.2 Å². The molecule has 4 rings (SSSR count). The Labute approximate surface area is 169 Å². The molecule has 0 unspecified atom stereocenters. The fraction of sp³-hybridized carbons (Fsp3) is 0.286. The fourth-order valence-corrected chi connectivity index (χ4v) is 5.22. The maximum absolute atomic E-state index is 14.2. The quantitative estimate of drug-likeness (QED) is 0.712. The molecule has 1 fully saturated rings. The average Bonchev–Trinajstić information content (AvgIpc) is 3.16. The zero-order chi connectivity index (χ0) is 20.6. The number of aryl methyl sites for hydroxylation is 1. The third-order valence-corrected chi connectivity index (χ3v) is 7.23. The molecular weight excluding hydrogens is 393 g/mol. The topological polar surface area (TPSA) is 73.5 Å². The van der Waals surface area contributed by atoms with E-state index in [1.54, 1.807) is 11.0 Å². The molecule has 2 heterocycles. The maximum atomic E-state index is 14.2. The van der Waals surface area contributed by atoms with Gasteiger partial charge in [-0.3, -0.25) is 4.79 Å². The number of H-pyrrole nitrogens is 1. The molecule has 3 aromatic rings. The van der Waals surface area contributed by atoms with Gasteiger partial charge in [-0.25, -0.2) is 12.8 Å². The molecule has 1 N–H and O–H groups in total. The van der Waals surface area contributed by atoms with Crippen molar-refractivity contribution in [1.82, 2.24) is 14.2 Å². The van der Waals surface area contributed by atoms with Gasteiger partial charge >= 0.3 is 0 Å². The first kappa shape index (κ1) is 19.6. The van der Waals surface area contributed by atoms with E-state index in [-0.39, 0.29) is 29.3 Å². The summed E-state index contributed by atoms with van der Waals surface area (Å²) in [4.78, 5) is 17.0. The minimum absolute atomic E-state index is 0.0240. The predicted molar refractivity (Wildman–Crippen MR) is 108 cm³/mol. The SMILES string of the molecule is Cc1ccc(CC(=O)N2CCN(S(=O)(=O)c3c[nH]c4cccc(F)c34)CC2)cc1. The highest BCUT2D eigenvalue weighted by Crippen LogP contribution is 2.28. The molecule has 0 atom stereocenters. The van der Waals surface area contributed by atoms with E-state index in [0.29, 0.717) is 25.0 Å². The lowest BCUT2D eigenvalue weighted by molar-refractivity contribution is -0.131.